The van der Waals surface area contributed by atoms with Crippen LogP contribution in [-0.2, 0) is 19.1 Å². The second kappa shape index (κ2) is 10.2. The molecule has 3 amide bonds. The molecular formula is C22H30N4O6. The van der Waals surface area contributed by atoms with Crippen LogP contribution in [0.15, 0.2) is 30.3 Å². The van der Waals surface area contributed by atoms with Gasteiger partial charge in [-0.2, -0.15) is 0 Å². The maximum Gasteiger partial charge on any atom is 0.410 e. The van der Waals surface area contributed by atoms with Gasteiger partial charge in [-0.15, -0.1) is 0 Å². The van der Waals surface area contributed by atoms with Crippen LogP contribution in [0.4, 0.5) is 10.5 Å². The highest BCUT2D eigenvalue weighted by molar-refractivity contribution is 5.92. The van der Waals surface area contributed by atoms with Crippen molar-refractivity contribution in [3.05, 3.63) is 30.3 Å². The number of likely N-dealkylation sites (tertiary alicyclic amines) is 1. The number of benzene rings is 1. The van der Waals surface area contributed by atoms with E-state index in [0.717, 1.165) is 5.69 Å². The molecule has 4 rings (SSSR count). The third-order valence-corrected chi connectivity index (χ3v) is 6.43. The highest BCUT2D eigenvalue weighted by Gasteiger charge is 2.46. The van der Waals surface area contributed by atoms with Gasteiger partial charge in [-0.3, -0.25) is 19.7 Å². The first-order valence-corrected chi connectivity index (χ1v) is 11.2. The smallest absolute Gasteiger partial charge is 0.410 e. The van der Waals surface area contributed by atoms with Crippen molar-refractivity contribution in [2.45, 2.75) is 31.4 Å². The van der Waals surface area contributed by atoms with Gasteiger partial charge in [0.25, 0.3) is 0 Å². The number of carbonyl (C=O) groups excluding carboxylic acids is 3. The summed E-state index contributed by atoms with van der Waals surface area (Å²) >= 11 is 0. The number of carbonyl (C=O) groups is 3. The summed E-state index contributed by atoms with van der Waals surface area (Å²) in [7, 11) is 0. The van der Waals surface area contributed by atoms with Crippen molar-refractivity contribution in [1.82, 2.24) is 15.3 Å². The topological polar surface area (TPSA) is 112 Å². The lowest BCUT2D eigenvalue weighted by Gasteiger charge is -2.43. The van der Waals surface area contributed by atoms with Gasteiger partial charge in [0.2, 0.25) is 11.8 Å². The monoisotopic (exact) mass is 446 g/mol. The van der Waals surface area contributed by atoms with Crippen LogP contribution in [0.2, 0.25) is 0 Å². The number of hydrogen-bond donors (Lipinski definition) is 2. The van der Waals surface area contributed by atoms with Gasteiger partial charge in [0.15, 0.2) is 0 Å². The first-order chi connectivity index (χ1) is 15.6. The zero-order chi connectivity index (χ0) is 22.5. The van der Waals surface area contributed by atoms with Crippen molar-refractivity contribution < 1.29 is 29.1 Å². The number of piperidine rings is 1. The van der Waals surface area contributed by atoms with Crippen molar-refractivity contribution in [1.29, 1.82) is 0 Å². The number of ether oxygens (including phenoxy) is 2. The van der Waals surface area contributed by atoms with Crippen molar-refractivity contribution in [3.8, 4) is 0 Å². The van der Waals surface area contributed by atoms with E-state index >= 15 is 0 Å². The Morgan fingerprint density at radius 1 is 1.03 bits per heavy atom. The summed E-state index contributed by atoms with van der Waals surface area (Å²) in [5.41, 5.74) is 2.76. The van der Waals surface area contributed by atoms with Gasteiger partial charge in [0.1, 0.15) is 12.1 Å². The van der Waals surface area contributed by atoms with E-state index in [1.807, 2.05) is 30.3 Å². The van der Waals surface area contributed by atoms with E-state index in [0.29, 0.717) is 65.2 Å². The van der Waals surface area contributed by atoms with Gasteiger partial charge in [-0.1, -0.05) is 18.2 Å². The molecule has 10 nitrogen and oxygen atoms in total. The van der Waals surface area contributed by atoms with E-state index in [4.69, 9.17) is 9.47 Å². The number of nitrogens with zero attached hydrogens (tertiary/aromatic N) is 3. The van der Waals surface area contributed by atoms with Crippen LogP contribution in [0, 0.1) is 5.92 Å². The predicted molar refractivity (Wildman–Crippen MR) is 114 cm³/mol. The number of amides is 3. The van der Waals surface area contributed by atoms with Gasteiger partial charge in [-0.05, 0) is 25.0 Å². The van der Waals surface area contributed by atoms with Gasteiger partial charge < -0.3 is 19.3 Å². The summed E-state index contributed by atoms with van der Waals surface area (Å²) in [4.78, 5) is 44.1. The van der Waals surface area contributed by atoms with Gasteiger partial charge in [0.05, 0.1) is 19.1 Å². The molecule has 3 atom stereocenters. The molecule has 0 spiro atoms. The Morgan fingerprint density at radius 2 is 1.78 bits per heavy atom. The molecule has 1 aromatic rings. The summed E-state index contributed by atoms with van der Waals surface area (Å²) in [6.45, 7) is 3.46. The second-order valence-electron chi connectivity index (χ2n) is 8.38. The standard InChI is InChI=1S/C22H30N4O6/c27-20(23-30)18-7-4-9-26(22(29)32-17-8-14-31-15-17)19(18)21(28)25-12-10-24(11-13-25)16-5-2-1-3-6-16/h1-3,5-6,17-19,30H,4,7-15H2,(H,23,27)/t17-,18-,19-/m0/s1. The molecule has 1 aromatic carbocycles. The Balaban J connectivity index is 1.47. The minimum Gasteiger partial charge on any atom is -0.444 e. The van der Waals surface area contributed by atoms with Crippen LogP contribution in [0.25, 0.3) is 0 Å². The van der Waals surface area contributed by atoms with E-state index in [1.54, 1.807) is 10.4 Å². The largest absolute Gasteiger partial charge is 0.444 e. The summed E-state index contributed by atoms with van der Waals surface area (Å²) in [5, 5.41) is 9.23. The van der Waals surface area contributed by atoms with Crippen molar-refractivity contribution in [2.75, 3.05) is 50.8 Å². The van der Waals surface area contributed by atoms with E-state index in [9.17, 15) is 19.6 Å². The maximum absolute atomic E-state index is 13.6. The third kappa shape index (κ3) is 4.81. The van der Waals surface area contributed by atoms with Crippen LogP contribution in [0.5, 0.6) is 0 Å². The molecular weight excluding hydrogens is 416 g/mol. The van der Waals surface area contributed by atoms with Crippen LogP contribution in [0.1, 0.15) is 19.3 Å². The lowest BCUT2D eigenvalue weighted by atomic mass is 9.87. The third-order valence-electron chi connectivity index (χ3n) is 6.43. The molecule has 174 valence electrons. The summed E-state index contributed by atoms with van der Waals surface area (Å²) in [5.74, 6) is -1.78. The number of rotatable bonds is 4. The number of hydrogen-bond acceptors (Lipinski definition) is 7. The minimum absolute atomic E-state index is 0.286. The molecule has 3 fully saturated rings. The predicted octanol–water partition coefficient (Wildman–Crippen LogP) is 0.847. The minimum atomic E-state index is -1.01. The van der Waals surface area contributed by atoms with Crippen molar-refractivity contribution in [2.24, 2.45) is 5.92 Å². The van der Waals surface area contributed by atoms with Gasteiger partial charge >= 0.3 is 6.09 Å². The number of nitrogens with one attached hydrogen (secondary N) is 1. The van der Waals surface area contributed by atoms with Crippen molar-refractivity contribution in [3.63, 3.8) is 0 Å². The fraction of sp³-hybridized carbons (Fsp3) is 0.591. The quantitative estimate of drug-likeness (QED) is 0.521. The number of anilines is 1. The summed E-state index contributed by atoms with van der Waals surface area (Å²) in [6, 6.07) is 8.98. The Hall–Kier alpha value is -2.85. The fourth-order valence-electron chi connectivity index (χ4n) is 4.69. The molecule has 10 heteroatoms. The zero-order valence-electron chi connectivity index (χ0n) is 18.0. The maximum atomic E-state index is 13.6. The number of para-hydroxylation sites is 1. The zero-order valence-corrected chi connectivity index (χ0v) is 18.0. The van der Waals surface area contributed by atoms with E-state index in [2.05, 4.69) is 4.90 Å². The first kappa shape index (κ1) is 22.3. The normalized spacial score (nSPS) is 26.0. The fourth-order valence-corrected chi connectivity index (χ4v) is 4.69. The van der Waals surface area contributed by atoms with E-state index in [-0.39, 0.29) is 12.0 Å². The Morgan fingerprint density at radius 3 is 2.44 bits per heavy atom. The molecule has 0 unspecified atom stereocenters. The van der Waals surface area contributed by atoms with Gasteiger partial charge in [0, 0.05) is 44.8 Å². The van der Waals surface area contributed by atoms with Crippen LogP contribution >= 0.6 is 0 Å². The summed E-state index contributed by atoms with van der Waals surface area (Å²) in [6.07, 6.45) is 0.598. The van der Waals surface area contributed by atoms with Crippen LogP contribution < -0.4 is 10.4 Å². The molecule has 2 N–H and O–H groups in total. The molecule has 3 heterocycles. The Bertz CT molecular complexity index is 808. The Kier molecular flexibility index (Phi) is 7.11. The second-order valence-corrected chi connectivity index (χ2v) is 8.38. The average molecular weight is 447 g/mol. The molecule has 0 bridgehead atoms. The number of piperazine rings is 1. The first-order valence-electron chi connectivity index (χ1n) is 11.2. The van der Waals surface area contributed by atoms with Gasteiger partial charge in [-0.25, -0.2) is 10.3 Å². The average Bonchev–Trinajstić information content (AvgIpc) is 3.36. The van der Waals surface area contributed by atoms with Crippen molar-refractivity contribution >= 4 is 23.6 Å². The highest BCUT2D eigenvalue weighted by atomic mass is 16.6. The molecule has 3 aliphatic heterocycles. The number of hydroxylamine groups is 1. The Labute approximate surface area is 187 Å². The van der Waals surface area contributed by atoms with Crippen LogP contribution in [0.3, 0.4) is 0 Å². The molecule has 32 heavy (non-hydrogen) atoms. The molecule has 0 aliphatic carbocycles. The SMILES string of the molecule is O=C(NO)[C@H]1CCCN(C(=O)O[C@H]2CCOC2)[C@@H]1C(=O)N1CCN(c2ccccc2)CC1. The lowest BCUT2D eigenvalue weighted by Crippen LogP contribution is -2.62. The molecule has 0 saturated carbocycles. The van der Waals surface area contributed by atoms with Crippen LogP contribution in [-0.4, -0.2) is 91.0 Å². The molecule has 0 aromatic heterocycles. The van der Waals surface area contributed by atoms with E-state index in [1.165, 1.54) is 4.90 Å². The molecule has 0 radical (unpaired) electrons. The lowest BCUT2D eigenvalue weighted by molar-refractivity contribution is -0.148. The molecule has 3 aliphatic rings. The summed E-state index contributed by atoms with van der Waals surface area (Å²) < 4.78 is 10.8. The molecule has 3 saturated heterocycles. The highest BCUT2D eigenvalue weighted by Crippen LogP contribution is 2.28. The van der Waals surface area contributed by atoms with E-state index < -0.39 is 24.0 Å².